The molecule has 0 aliphatic carbocycles. The molecule has 4 nitrogen and oxygen atoms in total. The number of nitrogens with one attached hydrogen (secondary N) is 2. The summed E-state index contributed by atoms with van der Waals surface area (Å²) >= 11 is 3.23. The van der Waals surface area contributed by atoms with Gasteiger partial charge in [0.2, 0.25) is 5.82 Å². The van der Waals surface area contributed by atoms with Crippen LogP contribution in [-0.2, 0) is 0 Å². The van der Waals surface area contributed by atoms with Gasteiger partial charge in [-0.25, -0.2) is 5.10 Å². The Morgan fingerprint density at radius 3 is 2.53 bits per heavy atom. The normalized spacial score (nSPS) is 10.3. The SMILES string of the molecule is O=c1[nH]nc(F)c(F)c1Nc1ccc(Br)cc1. The molecule has 1 heterocycles. The number of halogens is 3. The Balaban J connectivity index is 2.39. The highest BCUT2D eigenvalue weighted by Gasteiger charge is 2.13. The van der Waals surface area contributed by atoms with Gasteiger partial charge in [-0.05, 0) is 24.3 Å². The molecule has 88 valence electrons. The molecule has 2 aromatic rings. The Bertz CT molecular complexity index is 597. The Hall–Kier alpha value is -1.76. The number of anilines is 2. The molecule has 0 aliphatic rings. The van der Waals surface area contributed by atoms with Gasteiger partial charge >= 0.3 is 0 Å². The van der Waals surface area contributed by atoms with Crippen molar-refractivity contribution in [2.75, 3.05) is 5.32 Å². The molecule has 7 heteroatoms. The van der Waals surface area contributed by atoms with E-state index in [-0.39, 0.29) is 0 Å². The lowest BCUT2D eigenvalue weighted by atomic mass is 10.3. The van der Waals surface area contributed by atoms with Crippen molar-refractivity contribution < 1.29 is 8.78 Å². The minimum absolute atomic E-state index is 0.461. The highest BCUT2D eigenvalue weighted by atomic mass is 79.9. The lowest BCUT2D eigenvalue weighted by Crippen LogP contribution is -2.17. The molecule has 0 fully saturated rings. The van der Waals surface area contributed by atoms with Crippen LogP contribution in [0.2, 0.25) is 0 Å². The molecule has 1 aromatic carbocycles. The Morgan fingerprint density at radius 2 is 1.88 bits per heavy atom. The molecule has 0 atom stereocenters. The Labute approximate surface area is 103 Å². The Kier molecular flexibility index (Phi) is 3.19. The summed E-state index contributed by atoms with van der Waals surface area (Å²) in [6.07, 6.45) is 0. The maximum Gasteiger partial charge on any atom is 0.291 e. The predicted octanol–water partition coefficient (Wildman–Crippen LogP) is 2.55. The first-order chi connectivity index (χ1) is 8.08. The molecule has 0 radical (unpaired) electrons. The monoisotopic (exact) mass is 301 g/mol. The molecular weight excluding hydrogens is 296 g/mol. The summed E-state index contributed by atoms with van der Waals surface area (Å²) in [5, 5.41) is 7.21. The van der Waals surface area contributed by atoms with Crippen molar-refractivity contribution in [1.82, 2.24) is 10.2 Å². The summed E-state index contributed by atoms with van der Waals surface area (Å²) in [5.74, 6) is -2.67. The topological polar surface area (TPSA) is 57.8 Å². The second-order valence-corrected chi connectivity index (χ2v) is 4.08. The van der Waals surface area contributed by atoms with Crippen molar-refractivity contribution in [1.29, 1.82) is 0 Å². The van der Waals surface area contributed by atoms with Crippen molar-refractivity contribution in [3.8, 4) is 0 Å². The van der Waals surface area contributed by atoms with Crippen LogP contribution in [0.1, 0.15) is 0 Å². The zero-order valence-corrected chi connectivity index (χ0v) is 9.88. The van der Waals surface area contributed by atoms with E-state index in [9.17, 15) is 13.6 Å². The molecule has 0 aliphatic heterocycles. The number of hydrogen-bond donors (Lipinski definition) is 2. The third kappa shape index (κ3) is 2.50. The van der Waals surface area contributed by atoms with Crippen LogP contribution in [0.3, 0.4) is 0 Å². The van der Waals surface area contributed by atoms with Crippen molar-refractivity contribution in [3.63, 3.8) is 0 Å². The largest absolute Gasteiger partial charge is 0.348 e. The fourth-order valence-corrected chi connectivity index (χ4v) is 1.46. The fourth-order valence-electron chi connectivity index (χ4n) is 1.20. The molecule has 2 N–H and O–H groups in total. The number of hydrogen-bond acceptors (Lipinski definition) is 3. The lowest BCUT2D eigenvalue weighted by molar-refractivity contribution is 0.466. The minimum Gasteiger partial charge on any atom is -0.348 e. The first kappa shape index (κ1) is 11.7. The van der Waals surface area contributed by atoms with Gasteiger partial charge in [-0.3, -0.25) is 4.79 Å². The van der Waals surface area contributed by atoms with E-state index in [0.29, 0.717) is 5.69 Å². The first-order valence-electron chi connectivity index (χ1n) is 4.54. The number of rotatable bonds is 2. The summed E-state index contributed by atoms with van der Waals surface area (Å²) in [6, 6.07) is 6.63. The molecular formula is C10H6BrF2N3O. The van der Waals surface area contributed by atoms with E-state index >= 15 is 0 Å². The van der Waals surface area contributed by atoms with E-state index in [4.69, 9.17) is 0 Å². The highest BCUT2D eigenvalue weighted by molar-refractivity contribution is 9.10. The first-order valence-corrected chi connectivity index (χ1v) is 5.33. The molecule has 1 aromatic heterocycles. The standard InChI is InChI=1S/C10H6BrF2N3O/c11-5-1-3-6(4-2-5)14-8-7(12)9(13)15-16-10(8)17/h1-4H,(H,14,15)(H,16,17). The Morgan fingerprint density at radius 1 is 1.24 bits per heavy atom. The van der Waals surface area contributed by atoms with Gasteiger partial charge in [0, 0.05) is 10.2 Å². The summed E-state index contributed by atoms with van der Waals surface area (Å²) in [4.78, 5) is 11.3. The summed E-state index contributed by atoms with van der Waals surface area (Å²) < 4.78 is 27.0. The van der Waals surface area contributed by atoms with Gasteiger partial charge in [0.05, 0.1) is 0 Å². The van der Waals surface area contributed by atoms with Crippen molar-refractivity contribution in [3.05, 3.63) is 50.9 Å². The van der Waals surface area contributed by atoms with E-state index < -0.39 is 23.0 Å². The fraction of sp³-hybridized carbons (Fsp3) is 0. The quantitative estimate of drug-likeness (QED) is 0.896. The van der Waals surface area contributed by atoms with Gasteiger partial charge in [-0.15, -0.1) is 5.10 Å². The molecule has 0 unspecified atom stereocenters. The van der Waals surface area contributed by atoms with Crippen molar-refractivity contribution in [2.45, 2.75) is 0 Å². The van der Waals surface area contributed by atoms with Crippen LogP contribution in [0.15, 0.2) is 33.5 Å². The van der Waals surface area contributed by atoms with Gasteiger partial charge < -0.3 is 5.32 Å². The molecule has 0 spiro atoms. The van der Waals surface area contributed by atoms with Crippen LogP contribution in [0.25, 0.3) is 0 Å². The zero-order chi connectivity index (χ0) is 12.4. The second kappa shape index (κ2) is 4.62. The average Bonchev–Trinajstić information content (AvgIpc) is 2.32. The summed E-state index contributed by atoms with van der Waals surface area (Å²) in [5.41, 5.74) is -0.866. The highest BCUT2D eigenvalue weighted by Crippen LogP contribution is 2.19. The van der Waals surface area contributed by atoms with Gasteiger partial charge in [0.15, 0.2) is 0 Å². The average molecular weight is 302 g/mol. The van der Waals surface area contributed by atoms with Crippen LogP contribution in [0, 0.1) is 11.8 Å². The summed E-state index contributed by atoms with van der Waals surface area (Å²) in [6.45, 7) is 0. The van der Waals surface area contributed by atoms with Crippen molar-refractivity contribution in [2.24, 2.45) is 0 Å². The van der Waals surface area contributed by atoms with E-state index in [0.717, 1.165) is 4.47 Å². The number of H-pyrrole nitrogens is 1. The van der Waals surface area contributed by atoms with E-state index in [1.807, 2.05) is 5.10 Å². The third-order valence-electron chi connectivity index (χ3n) is 2.00. The van der Waals surface area contributed by atoms with Crippen LogP contribution >= 0.6 is 15.9 Å². The third-order valence-corrected chi connectivity index (χ3v) is 2.53. The maximum atomic E-state index is 13.3. The number of benzene rings is 1. The minimum atomic E-state index is -1.36. The molecule has 0 amide bonds. The van der Waals surface area contributed by atoms with Gasteiger partial charge in [0.1, 0.15) is 5.69 Å². The molecule has 0 bridgehead atoms. The van der Waals surface area contributed by atoms with Crippen molar-refractivity contribution >= 4 is 27.3 Å². The van der Waals surface area contributed by atoms with Crippen LogP contribution in [0.5, 0.6) is 0 Å². The number of nitrogens with zero attached hydrogens (tertiary/aromatic N) is 1. The van der Waals surface area contributed by atoms with Gasteiger partial charge in [-0.1, -0.05) is 15.9 Å². The van der Waals surface area contributed by atoms with Crippen LogP contribution in [0.4, 0.5) is 20.2 Å². The molecule has 17 heavy (non-hydrogen) atoms. The van der Waals surface area contributed by atoms with Gasteiger partial charge in [0.25, 0.3) is 11.5 Å². The molecule has 2 rings (SSSR count). The zero-order valence-electron chi connectivity index (χ0n) is 8.30. The molecule has 0 saturated carbocycles. The second-order valence-electron chi connectivity index (χ2n) is 3.16. The van der Waals surface area contributed by atoms with Crippen LogP contribution < -0.4 is 10.9 Å². The maximum absolute atomic E-state index is 13.3. The van der Waals surface area contributed by atoms with Gasteiger partial charge in [-0.2, -0.15) is 8.78 Å². The lowest BCUT2D eigenvalue weighted by Gasteiger charge is -2.06. The van der Waals surface area contributed by atoms with E-state index in [2.05, 4.69) is 26.3 Å². The number of aromatic amines is 1. The van der Waals surface area contributed by atoms with E-state index in [1.54, 1.807) is 24.3 Å². The number of aromatic nitrogens is 2. The molecule has 0 saturated heterocycles. The van der Waals surface area contributed by atoms with Crippen LogP contribution in [-0.4, -0.2) is 10.2 Å². The predicted molar refractivity (Wildman–Crippen MR) is 62.2 cm³/mol. The van der Waals surface area contributed by atoms with E-state index in [1.165, 1.54) is 0 Å². The smallest absolute Gasteiger partial charge is 0.291 e. The summed E-state index contributed by atoms with van der Waals surface area (Å²) in [7, 11) is 0.